The molecule has 1 aromatic heterocycles. The summed E-state index contributed by atoms with van der Waals surface area (Å²) in [4.78, 5) is 26.0. The number of nitrogens with one attached hydrogen (secondary N) is 1. The quantitative estimate of drug-likeness (QED) is 0.474. The monoisotopic (exact) mass is 315 g/mol. The van der Waals surface area contributed by atoms with Crippen molar-refractivity contribution in [1.29, 1.82) is 0 Å². The van der Waals surface area contributed by atoms with E-state index in [1.54, 1.807) is 7.11 Å². The summed E-state index contributed by atoms with van der Waals surface area (Å²) in [6.07, 6.45) is 2.02. The first-order chi connectivity index (χ1) is 9.78. The van der Waals surface area contributed by atoms with Crippen LogP contribution in [0.1, 0.15) is 30.6 Å². The molecule has 0 aliphatic heterocycles. The highest BCUT2D eigenvalue weighted by molar-refractivity contribution is 6.32. The summed E-state index contributed by atoms with van der Waals surface area (Å²) in [5.41, 5.74) is -0.758. The van der Waals surface area contributed by atoms with Crippen LogP contribution in [0.25, 0.3) is 0 Å². The minimum atomic E-state index is -0.708. The predicted molar refractivity (Wildman–Crippen MR) is 78.5 cm³/mol. The molecule has 0 atom stereocenters. The van der Waals surface area contributed by atoms with Gasteiger partial charge in [-0.15, -0.1) is 0 Å². The standard InChI is InChI=1S/C13H18ClN3O4/c1-13(2,5-7-21-3)8-16-12(18)9-4-6-15-11(14)10(9)17(19)20/h4,6H,5,7-8H2,1-3H3,(H,16,18). The van der Waals surface area contributed by atoms with Gasteiger partial charge in [0.15, 0.2) is 0 Å². The minimum absolute atomic E-state index is 0.0949. The zero-order chi connectivity index (χ0) is 16.0. The zero-order valence-corrected chi connectivity index (χ0v) is 12.9. The number of hydrogen-bond acceptors (Lipinski definition) is 5. The fraction of sp³-hybridized carbons (Fsp3) is 0.538. The third-order valence-electron chi connectivity index (χ3n) is 3.02. The molecule has 0 unspecified atom stereocenters. The van der Waals surface area contributed by atoms with Crippen LogP contribution in [-0.4, -0.2) is 36.1 Å². The summed E-state index contributed by atoms with van der Waals surface area (Å²) in [7, 11) is 1.61. The molecule has 8 heteroatoms. The second-order valence-electron chi connectivity index (χ2n) is 5.34. The molecule has 1 N–H and O–H groups in total. The molecule has 0 saturated heterocycles. The van der Waals surface area contributed by atoms with Gasteiger partial charge in [-0.1, -0.05) is 25.4 Å². The maximum atomic E-state index is 12.1. The van der Waals surface area contributed by atoms with Gasteiger partial charge in [-0.25, -0.2) is 4.98 Å². The molecule has 0 aromatic carbocycles. The highest BCUT2D eigenvalue weighted by Gasteiger charge is 2.26. The molecule has 1 amide bonds. The molecule has 21 heavy (non-hydrogen) atoms. The normalized spacial score (nSPS) is 11.2. The number of halogens is 1. The Morgan fingerprint density at radius 3 is 2.81 bits per heavy atom. The molecule has 0 radical (unpaired) electrons. The lowest BCUT2D eigenvalue weighted by Crippen LogP contribution is -2.35. The Kier molecular flexibility index (Phi) is 6.04. The van der Waals surface area contributed by atoms with Gasteiger partial charge in [0.1, 0.15) is 5.56 Å². The molecular formula is C13H18ClN3O4. The van der Waals surface area contributed by atoms with Crippen LogP contribution in [0.15, 0.2) is 12.3 Å². The van der Waals surface area contributed by atoms with Crippen LogP contribution in [0, 0.1) is 15.5 Å². The van der Waals surface area contributed by atoms with E-state index in [0.717, 1.165) is 6.42 Å². The van der Waals surface area contributed by atoms with Gasteiger partial charge < -0.3 is 10.1 Å². The summed E-state index contributed by atoms with van der Waals surface area (Å²) < 4.78 is 5.01. The van der Waals surface area contributed by atoms with Crippen molar-refractivity contribution in [2.24, 2.45) is 5.41 Å². The Morgan fingerprint density at radius 2 is 2.24 bits per heavy atom. The Hall–Kier alpha value is -1.73. The number of aromatic nitrogens is 1. The highest BCUT2D eigenvalue weighted by Crippen LogP contribution is 2.26. The highest BCUT2D eigenvalue weighted by atomic mass is 35.5. The molecule has 7 nitrogen and oxygen atoms in total. The van der Waals surface area contributed by atoms with Gasteiger partial charge in [0.05, 0.1) is 4.92 Å². The third kappa shape index (κ3) is 4.95. The first-order valence-electron chi connectivity index (χ1n) is 6.34. The van der Waals surface area contributed by atoms with Crippen LogP contribution >= 0.6 is 11.6 Å². The van der Waals surface area contributed by atoms with Crippen molar-refractivity contribution < 1.29 is 14.5 Å². The zero-order valence-electron chi connectivity index (χ0n) is 12.2. The smallest absolute Gasteiger partial charge is 0.319 e. The second kappa shape index (κ2) is 7.33. The minimum Gasteiger partial charge on any atom is -0.385 e. The van der Waals surface area contributed by atoms with E-state index in [0.29, 0.717) is 13.2 Å². The van der Waals surface area contributed by atoms with Crippen molar-refractivity contribution in [1.82, 2.24) is 10.3 Å². The summed E-state index contributed by atoms with van der Waals surface area (Å²) in [6, 6.07) is 1.28. The van der Waals surface area contributed by atoms with Crippen LogP contribution < -0.4 is 5.32 Å². The number of pyridine rings is 1. The van der Waals surface area contributed by atoms with Crippen molar-refractivity contribution in [2.75, 3.05) is 20.3 Å². The first-order valence-corrected chi connectivity index (χ1v) is 6.72. The van der Waals surface area contributed by atoms with E-state index in [1.165, 1.54) is 12.3 Å². The van der Waals surface area contributed by atoms with Crippen LogP contribution in [0.4, 0.5) is 5.69 Å². The van der Waals surface area contributed by atoms with Gasteiger partial charge in [0, 0.05) is 26.5 Å². The molecule has 1 aromatic rings. The lowest BCUT2D eigenvalue weighted by atomic mass is 9.89. The lowest BCUT2D eigenvalue weighted by Gasteiger charge is -2.24. The Bertz CT molecular complexity index is 534. The maximum absolute atomic E-state index is 12.1. The van der Waals surface area contributed by atoms with Crippen LogP contribution in [0.3, 0.4) is 0 Å². The largest absolute Gasteiger partial charge is 0.385 e. The number of ether oxygens (including phenoxy) is 1. The van der Waals surface area contributed by atoms with E-state index < -0.39 is 16.5 Å². The molecule has 0 aliphatic rings. The number of rotatable bonds is 7. The molecule has 0 bridgehead atoms. The van der Waals surface area contributed by atoms with E-state index in [4.69, 9.17) is 16.3 Å². The Balaban J connectivity index is 2.82. The van der Waals surface area contributed by atoms with E-state index in [-0.39, 0.29) is 16.1 Å². The van der Waals surface area contributed by atoms with E-state index in [1.807, 2.05) is 13.8 Å². The number of nitrogens with zero attached hydrogens (tertiary/aromatic N) is 2. The number of carbonyl (C=O) groups excluding carboxylic acids is 1. The number of nitro groups is 1. The Labute approximate surface area is 127 Å². The average molecular weight is 316 g/mol. The predicted octanol–water partition coefficient (Wildman–Crippen LogP) is 2.44. The van der Waals surface area contributed by atoms with Crippen molar-refractivity contribution in [3.63, 3.8) is 0 Å². The fourth-order valence-electron chi connectivity index (χ4n) is 1.67. The molecule has 0 spiro atoms. The molecule has 1 heterocycles. The van der Waals surface area contributed by atoms with Crippen molar-refractivity contribution in [3.05, 3.63) is 33.1 Å². The number of methoxy groups -OCH3 is 1. The number of amides is 1. The molecule has 0 aliphatic carbocycles. The van der Waals surface area contributed by atoms with Gasteiger partial charge in [0.25, 0.3) is 5.91 Å². The molecular weight excluding hydrogens is 298 g/mol. The lowest BCUT2D eigenvalue weighted by molar-refractivity contribution is -0.385. The van der Waals surface area contributed by atoms with Crippen molar-refractivity contribution in [2.45, 2.75) is 20.3 Å². The summed E-state index contributed by atoms with van der Waals surface area (Å²) in [5.74, 6) is -0.545. The van der Waals surface area contributed by atoms with Crippen LogP contribution in [0.2, 0.25) is 5.15 Å². The molecule has 116 valence electrons. The van der Waals surface area contributed by atoms with Crippen molar-refractivity contribution >= 4 is 23.2 Å². The van der Waals surface area contributed by atoms with E-state index in [2.05, 4.69) is 10.3 Å². The van der Waals surface area contributed by atoms with Crippen LogP contribution in [0.5, 0.6) is 0 Å². The molecule has 0 fully saturated rings. The van der Waals surface area contributed by atoms with Gasteiger partial charge >= 0.3 is 5.69 Å². The number of hydrogen-bond donors (Lipinski definition) is 1. The number of carbonyl (C=O) groups is 1. The van der Waals surface area contributed by atoms with E-state index in [9.17, 15) is 14.9 Å². The van der Waals surface area contributed by atoms with Gasteiger partial charge in [0.2, 0.25) is 5.15 Å². The van der Waals surface area contributed by atoms with Gasteiger partial charge in [-0.05, 0) is 17.9 Å². The average Bonchev–Trinajstić information content (AvgIpc) is 2.42. The fourth-order valence-corrected chi connectivity index (χ4v) is 1.89. The topological polar surface area (TPSA) is 94.4 Å². The van der Waals surface area contributed by atoms with E-state index >= 15 is 0 Å². The summed E-state index contributed by atoms with van der Waals surface area (Å²) in [5, 5.41) is 13.4. The molecule has 0 saturated carbocycles. The third-order valence-corrected chi connectivity index (χ3v) is 3.29. The van der Waals surface area contributed by atoms with Gasteiger partial charge in [-0.3, -0.25) is 14.9 Å². The second-order valence-corrected chi connectivity index (χ2v) is 5.70. The SMILES string of the molecule is COCCC(C)(C)CNC(=O)c1ccnc(Cl)c1[N+](=O)[O-]. The Morgan fingerprint density at radius 1 is 1.57 bits per heavy atom. The van der Waals surface area contributed by atoms with Crippen molar-refractivity contribution in [3.8, 4) is 0 Å². The maximum Gasteiger partial charge on any atom is 0.319 e. The summed E-state index contributed by atoms with van der Waals surface area (Å²) in [6.45, 7) is 4.89. The molecule has 1 rings (SSSR count). The first kappa shape index (κ1) is 17.3. The van der Waals surface area contributed by atoms with Gasteiger partial charge in [-0.2, -0.15) is 0 Å². The summed E-state index contributed by atoms with van der Waals surface area (Å²) >= 11 is 5.68. The van der Waals surface area contributed by atoms with Crippen LogP contribution in [-0.2, 0) is 4.74 Å².